The summed E-state index contributed by atoms with van der Waals surface area (Å²) in [5.41, 5.74) is 1.66. The lowest BCUT2D eigenvalue weighted by Crippen LogP contribution is -2.26. The van der Waals surface area contributed by atoms with Crippen LogP contribution in [0.25, 0.3) is 0 Å². The van der Waals surface area contributed by atoms with E-state index >= 15 is 0 Å². The first-order chi connectivity index (χ1) is 8.65. The molecule has 0 N–H and O–H groups in total. The number of carbonyl (C=O) groups is 1. The van der Waals surface area contributed by atoms with Gasteiger partial charge in [-0.3, -0.25) is 4.68 Å². The molecular weight excluding hydrogens is 228 g/mol. The Hall–Kier alpha value is -1.32. The first-order valence-corrected chi connectivity index (χ1v) is 6.78. The lowest BCUT2D eigenvalue weighted by Gasteiger charge is -2.32. The van der Waals surface area contributed by atoms with Crippen molar-refractivity contribution in [2.45, 2.75) is 46.1 Å². The van der Waals surface area contributed by atoms with Crippen molar-refractivity contribution in [3.05, 3.63) is 17.5 Å². The average Bonchev–Trinajstić information content (AvgIpc) is 2.70. The predicted octanol–water partition coefficient (Wildman–Crippen LogP) is 2.67. The summed E-state index contributed by atoms with van der Waals surface area (Å²) in [5, 5.41) is 4.37. The Labute approximate surface area is 108 Å². The highest BCUT2D eigenvalue weighted by molar-refractivity contribution is 5.90. The zero-order valence-corrected chi connectivity index (χ0v) is 11.5. The molecule has 1 aromatic rings. The van der Waals surface area contributed by atoms with E-state index in [0.29, 0.717) is 5.56 Å². The minimum absolute atomic E-state index is 0.272. The van der Waals surface area contributed by atoms with Crippen LogP contribution in [0.3, 0.4) is 0 Å². The fourth-order valence-electron chi connectivity index (χ4n) is 2.81. The third kappa shape index (κ3) is 2.57. The second-order valence-electron chi connectivity index (χ2n) is 5.37. The van der Waals surface area contributed by atoms with Gasteiger partial charge in [-0.2, -0.15) is 5.10 Å². The number of hydrogen-bond acceptors (Lipinski definition) is 3. The summed E-state index contributed by atoms with van der Waals surface area (Å²) in [6, 6.07) is 0. The maximum atomic E-state index is 11.7. The SMILES string of the molecule is CCCc1c(C(=O)OC)cnn1CC1CC(C)C1. The van der Waals surface area contributed by atoms with E-state index in [-0.39, 0.29) is 5.97 Å². The van der Waals surface area contributed by atoms with E-state index in [1.54, 1.807) is 6.20 Å². The zero-order chi connectivity index (χ0) is 13.1. The minimum atomic E-state index is -0.272. The van der Waals surface area contributed by atoms with Gasteiger partial charge in [-0.15, -0.1) is 0 Å². The number of rotatable bonds is 5. The molecule has 18 heavy (non-hydrogen) atoms. The number of ether oxygens (including phenoxy) is 1. The molecule has 4 nitrogen and oxygen atoms in total. The van der Waals surface area contributed by atoms with Crippen molar-refractivity contribution in [2.24, 2.45) is 11.8 Å². The highest BCUT2D eigenvalue weighted by Gasteiger charge is 2.27. The molecule has 100 valence electrons. The van der Waals surface area contributed by atoms with E-state index in [9.17, 15) is 4.79 Å². The molecule has 2 rings (SSSR count). The van der Waals surface area contributed by atoms with E-state index < -0.39 is 0 Å². The van der Waals surface area contributed by atoms with Crippen molar-refractivity contribution in [1.82, 2.24) is 9.78 Å². The Morgan fingerprint density at radius 3 is 2.83 bits per heavy atom. The molecule has 1 fully saturated rings. The number of aromatic nitrogens is 2. The maximum absolute atomic E-state index is 11.7. The van der Waals surface area contributed by atoms with Gasteiger partial charge in [-0.1, -0.05) is 20.3 Å². The monoisotopic (exact) mass is 250 g/mol. The Morgan fingerprint density at radius 2 is 2.28 bits per heavy atom. The highest BCUT2D eigenvalue weighted by atomic mass is 16.5. The number of carbonyl (C=O) groups excluding carboxylic acids is 1. The summed E-state index contributed by atoms with van der Waals surface area (Å²) >= 11 is 0. The normalized spacial score (nSPS) is 22.6. The molecule has 0 aromatic carbocycles. The molecule has 1 aliphatic rings. The zero-order valence-electron chi connectivity index (χ0n) is 11.5. The van der Waals surface area contributed by atoms with Crippen LogP contribution >= 0.6 is 0 Å². The van der Waals surface area contributed by atoms with E-state index in [0.717, 1.165) is 36.9 Å². The smallest absolute Gasteiger partial charge is 0.341 e. The van der Waals surface area contributed by atoms with E-state index in [2.05, 4.69) is 18.9 Å². The van der Waals surface area contributed by atoms with Gasteiger partial charge < -0.3 is 4.74 Å². The molecule has 0 unspecified atom stereocenters. The molecule has 0 amide bonds. The first-order valence-electron chi connectivity index (χ1n) is 6.78. The van der Waals surface area contributed by atoms with Crippen molar-refractivity contribution in [3.63, 3.8) is 0 Å². The number of nitrogens with zero attached hydrogens (tertiary/aromatic N) is 2. The van der Waals surface area contributed by atoms with E-state index in [1.807, 2.05) is 4.68 Å². The Kier molecular flexibility index (Phi) is 4.04. The minimum Gasteiger partial charge on any atom is -0.465 e. The molecule has 0 bridgehead atoms. The van der Waals surface area contributed by atoms with Crippen LogP contribution in [-0.4, -0.2) is 22.9 Å². The van der Waals surface area contributed by atoms with Crippen molar-refractivity contribution in [2.75, 3.05) is 7.11 Å². The first kappa shape index (κ1) is 13.1. The Morgan fingerprint density at radius 1 is 1.56 bits per heavy atom. The quantitative estimate of drug-likeness (QED) is 0.755. The number of methoxy groups -OCH3 is 1. The molecule has 1 saturated carbocycles. The molecule has 0 spiro atoms. The largest absolute Gasteiger partial charge is 0.465 e. The molecular formula is C14H22N2O2. The summed E-state index contributed by atoms with van der Waals surface area (Å²) < 4.78 is 6.81. The average molecular weight is 250 g/mol. The topological polar surface area (TPSA) is 44.1 Å². The molecule has 1 heterocycles. The Bertz CT molecular complexity index is 419. The van der Waals surface area contributed by atoms with Gasteiger partial charge in [-0.25, -0.2) is 4.79 Å². The van der Waals surface area contributed by atoms with Gasteiger partial charge in [0, 0.05) is 6.54 Å². The molecule has 4 heteroatoms. The molecule has 0 atom stereocenters. The summed E-state index contributed by atoms with van der Waals surface area (Å²) in [5.74, 6) is 1.30. The summed E-state index contributed by atoms with van der Waals surface area (Å²) in [7, 11) is 1.42. The van der Waals surface area contributed by atoms with Crippen LogP contribution in [0.1, 0.15) is 49.2 Å². The van der Waals surface area contributed by atoms with Crippen molar-refractivity contribution >= 4 is 5.97 Å². The number of esters is 1. The van der Waals surface area contributed by atoms with E-state index in [1.165, 1.54) is 20.0 Å². The van der Waals surface area contributed by atoms with Gasteiger partial charge in [0.05, 0.1) is 19.0 Å². The highest BCUT2D eigenvalue weighted by Crippen LogP contribution is 2.34. The Balaban J connectivity index is 2.13. The summed E-state index contributed by atoms with van der Waals surface area (Å²) in [6.45, 7) is 5.34. The van der Waals surface area contributed by atoms with Gasteiger partial charge in [0.15, 0.2) is 0 Å². The van der Waals surface area contributed by atoms with Gasteiger partial charge >= 0.3 is 5.97 Å². The van der Waals surface area contributed by atoms with Crippen LogP contribution in [0.4, 0.5) is 0 Å². The van der Waals surface area contributed by atoms with Crippen LogP contribution < -0.4 is 0 Å². The van der Waals surface area contributed by atoms with Crippen molar-refractivity contribution in [1.29, 1.82) is 0 Å². The van der Waals surface area contributed by atoms with Crippen molar-refractivity contribution < 1.29 is 9.53 Å². The molecule has 1 aliphatic carbocycles. The van der Waals surface area contributed by atoms with Gasteiger partial charge in [0.2, 0.25) is 0 Å². The summed E-state index contributed by atoms with van der Waals surface area (Å²) in [6.07, 6.45) is 6.10. The summed E-state index contributed by atoms with van der Waals surface area (Å²) in [4.78, 5) is 11.7. The second-order valence-corrected chi connectivity index (χ2v) is 5.37. The van der Waals surface area contributed by atoms with Crippen LogP contribution in [0, 0.1) is 11.8 Å². The van der Waals surface area contributed by atoms with Crippen LogP contribution in [0.15, 0.2) is 6.20 Å². The van der Waals surface area contributed by atoms with E-state index in [4.69, 9.17) is 4.74 Å². The van der Waals surface area contributed by atoms with Gasteiger partial charge in [0.25, 0.3) is 0 Å². The fraction of sp³-hybridized carbons (Fsp3) is 0.714. The lowest BCUT2D eigenvalue weighted by atomic mass is 9.76. The van der Waals surface area contributed by atoms with Crippen molar-refractivity contribution in [3.8, 4) is 0 Å². The van der Waals surface area contributed by atoms with Gasteiger partial charge in [0.1, 0.15) is 5.56 Å². The molecule has 0 saturated heterocycles. The lowest BCUT2D eigenvalue weighted by molar-refractivity contribution is 0.0599. The standard InChI is InChI=1S/C14H22N2O2/c1-4-5-13-12(14(17)18-3)8-15-16(13)9-11-6-10(2)7-11/h8,10-11H,4-7,9H2,1-3H3. The van der Waals surface area contributed by atoms with Crippen LogP contribution in [0.5, 0.6) is 0 Å². The van der Waals surface area contributed by atoms with Crippen LogP contribution in [-0.2, 0) is 17.7 Å². The second kappa shape index (κ2) is 5.55. The van der Waals surface area contributed by atoms with Crippen LogP contribution in [0.2, 0.25) is 0 Å². The third-order valence-corrected chi connectivity index (χ3v) is 3.74. The third-order valence-electron chi connectivity index (χ3n) is 3.74. The predicted molar refractivity (Wildman–Crippen MR) is 69.4 cm³/mol. The molecule has 0 aliphatic heterocycles. The number of hydrogen-bond donors (Lipinski definition) is 0. The molecule has 0 radical (unpaired) electrons. The molecule has 1 aromatic heterocycles. The van der Waals surface area contributed by atoms with Gasteiger partial charge in [-0.05, 0) is 31.1 Å². The fourth-order valence-corrected chi connectivity index (χ4v) is 2.81. The maximum Gasteiger partial charge on any atom is 0.341 e.